The average Bonchev–Trinajstić information content (AvgIpc) is 2.68. The molecular weight excluding hydrogens is 338 g/mol. The number of nitrogens with zero attached hydrogens (tertiary/aromatic N) is 4. The number of rotatable bonds is 9. The van der Waals surface area contributed by atoms with E-state index in [1.54, 1.807) is 11.0 Å². The van der Waals surface area contributed by atoms with Crippen molar-refractivity contribution in [3.05, 3.63) is 41.9 Å². The number of unbranched alkanes of at least 4 members (excludes halogenated alkanes) is 1. The summed E-state index contributed by atoms with van der Waals surface area (Å²) in [5.41, 5.74) is 3.72. The molecule has 1 aromatic carbocycles. The van der Waals surface area contributed by atoms with Gasteiger partial charge in [0.1, 0.15) is 17.8 Å². The Hall–Kier alpha value is -2.63. The molecule has 1 amide bonds. The van der Waals surface area contributed by atoms with Gasteiger partial charge in [-0.3, -0.25) is 4.79 Å². The molecule has 0 unspecified atom stereocenters. The number of carbonyl (C=O) groups excluding carboxylic acids is 1. The van der Waals surface area contributed by atoms with E-state index in [4.69, 9.17) is 0 Å². The van der Waals surface area contributed by atoms with Gasteiger partial charge in [-0.2, -0.15) is 0 Å². The Morgan fingerprint density at radius 2 is 1.85 bits per heavy atom. The van der Waals surface area contributed by atoms with Gasteiger partial charge in [0, 0.05) is 44.1 Å². The highest BCUT2D eigenvalue weighted by Gasteiger charge is 2.14. The van der Waals surface area contributed by atoms with Gasteiger partial charge < -0.3 is 15.1 Å². The molecule has 0 aliphatic heterocycles. The second kappa shape index (κ2) is 9.90. The van der Waals surface area contributed by atoms with Crippen LogP contribution in [0.15, 0.2) is 30.6 Å². The lowest BCUT2D eigenvalue weighted by atomic mass is 10.1. The first kappa shape index (κ1) is 20.7. The van der Waals surface area contributed by atoms with Crippen LogP contribution in [0.25, 0.3) is 0 Å². The van der Waals surface area contributed by atoms with E-state index in [9.17, 15) is 4.79 Å². The van der Waals surface area contributed by atoms with Gasteiger partial charge in [0.25, 0.3) is 5.91 Å². The summed E-state index contributed by atoms with van der Waals surface area (Å²) in [6, 6.07) is 8.04. The molecule has 0 fully saturated rings. The maximum atomic E-state index is 12.5. The topological polar surface area (TPSA) is 61.4 Å². The van der Waals surface area contributed by atoms with Crippen molar-refractivity contribution < 1.29 is 4.79 Å². The molecule has 2 rings (SSSR count). The zero-order chi connectivity index (χ0) is 19.8. The first-order chi connectivity index (χ1) is 13.0. The third kappa shape index (κ3) is 5.42. The molecule has 1 heterocycles. The van der Waals surface area contributed by atoms with Crippen LogP contribution in [0.1, 0.15) is 49.7 Å². The van der Waals surface area contributed by atoms with Crippen LogP contribution >= 0.6 is 0 Å². The standard InChI is InChI=1S/C21H31N5O/c1-6-9-12-25(5)21(27)19-14-20(23-15-22-19)24-18-11-10-17(13-16(18)4)26(7-2)8-3/h10-11,13-15H,6-9,12H2,1-5H3,(H,22,23,24). The van der Waals surface area contributed by atoms with Crippen LogP contribution in [0, 0.1) is 6.92 Å². The number of hydrogen-bond acceptors (Lipinski definition) is 5. The van der Waals surface area contributed by atoms with Crippen molar-refractivity contribution in [1.29, 1.82) is 0 Å². The van der Waals surface area contributed by atoms with Gasteiger partial charge in [0.15, 0.2) is 0 Å². The zero-order valence-electron chi connectivity index (χ0n) is 17.1. The molecule has 1 N–H and O–H groups in total. The Kier molecular flexibility index (Phi) is 7.58. The molecule has 6 nitrogen and oxygen atoms in total. The number of aryl methyl sites for hydroxylation is 1. The lowest BCUT2D eigenvalue weighted by Crippen LogP contribution is -2.28. The summed E-state index contributed by atoms with van der Waals surface area (Å²) >= 11 is 0. The number of benzene rings is 1. The lowest BCUT2D eigenvalue weighted by molar-refractivity contribution is 0.0787. The van der Waals surface area contributed by atoms with Gasteiger partial charge in [-0.1, -0.05) is 13.3 Å². The lowest BCUT2D eigenvalue weighted by Gasteiger charge is -2.22. The van der Waals surface area contributed by atoms with Crippen molar-refractivity contribution in [3.8, 4) is 0 Å². The maximum Gasteiger partial charge on any atom is 0.272 e. The van der Waals surface area contributed by atoms with Crippen molar-refractivity contribution in [3.63, 3.8) is 0 Å². The van der Waals surface area contributed by atoms with E-state index in [0.29, 0.717) is 11.5 Å². The Labute approximate surface area is 162 Å². The fourth-order valence-corrected chi connectivity index (χ4v) is 2.95. The molecule has 2 aromatic rings. The van der Waals surface area contributed by atoms with Crippen LogP contribution in [-0.2, 0) is 0 Å². The minimum absolute atomic E-state index is 0.0810. The van der Waals surface area contributed by atoms with Gasteiger partial charge in [-0.05, 0) is 51.0 Å². The second-order valence-corrected chi connectivity index (χ2v) is 6.67. The average molecular weight is 370 g/mol. The summed E-state index contributed by atoms with van der Waals surface area (Å²) < 4.78 is 0. The summed E-state index contributed by atoms with van der Waals surface area (Å²) in [7, 11) is 1.81. The predicted molar refractivity (Wildman–Crippen MR) is 112 cm³/mol. The van der Waals surface area contributed by atoms with Gasteiger partial charge in [0.2, 0.25) is 0 Å². The third-order valence-electron chi connectivity index (χ3n) is 4.68. The van der Waals surface area contributed by atoms with E-state index in [-0.39, 0.29) is 5.91 Å². The van der Waals surface area contributed by atoms with Crippen LogP contribution in [0.2, 0.25) is 0 Å². The predicted octanol–water partition coefficient (Wildman–Crippen LogP) is 4.25. The smallest absolute Gasteiger partial charge is 0.272 e. The van der Waals surface area contributed by atoms with Crippen LogP contribution in [0.4, 0.5) is 17.2 Å². The molecule has 0 saturated carbocycles. The van der Waals surface area contributed by atoms with Crippen LogP contribution in [-0.4, -0.2) is 47.5 Å². The van der Waals surface area contributed by atoms with Gasteiger partial charge in [-0.25, -0.2) is 9.97 Å². The van der Waals surface area contributed by atoms with Crippen molar-refractivity contribution in [2.75, 3.05) is 36.9 Å². The van der Waals surface area contributed by atoms with Gasteiger partial charge in [0.05, 0.1) is 0 Å². The quantitative estimate of drug-likeness (QED) is 0.716. The molecule has 0 aliphatic carbocycles. The highest BCUT2D eigenvalue weighted by molar-refractivity contribution is 5.92. The molecule has 0 bridgehead atoms. The van der Waals surface area contributed by atoms with E-state index in [1.807, 2.05) is 7.05 Å². The molecule has 146 valence electrons. The molecule has 0 atom stereocenters. The summed E-state index contributed by atoms with van der Waals surface area (Å²) in [5.74, 6) is 0.540. The highest BCUT2D eigenvalue weighted by atomic mass is 16.2. The number of hydrogen-bond donors (Lipinski definition) is 1. The number of aromatic nitrogens is 2. The number of anilines is 3. The molecule has 6 heteroatoms. The summed E-state index contributed by atoms with van der Waals surface area (Å²) in [6.07, 6.45) is 3.47. The monoisotopic (exact) mass is 369 g/mol. The van der Waals surface area contributed by atoms with Crippen LogP contribution in [0.3, 0.4) is 0 Å². The highest BCUT2D eigenvalue weighted by Crippen LogP contribution is 2.25. The second-order valence-electron chi connectivity index (χ2n) is 6.67. The summed E-state index contributed by atoms with van der Waals surface area (Å²) in [4.78, 5) is 24.9. The molecule has 0 radical (unpaired) electrons. The Morgan fingerprint density at radius 1 is 1.11 bits per heavy atom. The van der Waals surface area contributed by atoms with Crippen molar-refractivity contribution in [2.45, 2.75) is 40.5 Å². The minimum Gasteiger partial charge on any atom is -0.372 e. The van der Waals surface area contributed by atoms with Crippen molar-refractivity contribution in [1.82, 2.24) is 14.9 Å². The summed E-state index contributed by atoms with van der Waals surface area (Å²) in [5, 5.41) is 3.31. The minimum atomic E-state index is -0.0810. The zero-order valence-corrected chi connectivity index (χ0v) is 17.1. The first-order valence-electron chi connectivity index (χ1n) is 9.70. The van der Waals surface area contributed by atoms with Gasteiger partial charge >= 0.3 is 0 Å². The normalized spacial score (nSPS) is 10.6. The molecule has 1 aromatic heterocycles. The summed E-state index contributed by atoms with van der Waals surface area (Å²) in [6.45, 7) is 11.2. The SMILES string of the molecule is CCCCN(C)C(=O)c1cc(Nc2ccc(N(CC)CC)cc2C)ncn1. The van der Waals surface area contributed by atoms with Crippen LogP contribution in [0.5, 0.6) is 0 Å². The Morgan fingerprint density at radius 3 is 2.48 bits per heavy atom. The van der Waals surface area contributed by atoms with Crippen molar-refractivity contribution in [2.24, 2.45) is 0 Å². The molecular formula is C21H31N5O. The largest absolute Gasteiger partial charge is 0.372 e. The van der Waals surface area contributed by atoms with E-state index in [1.165, 1.54) is 12.0 Å². The van der Waals surface area contributed by atoms with Gasteiger partial charge in [-0.15, -0.1) is 0 Å². The Bertz CT molecular complexity index is 758. The fourth-order valence-electron chi connectivity index (χ4n) is 2.95. The van der Waals surface area contributed by atoms with E-state index in [0.717, 1.165) is 43.7 Å². The number of amides is 1. The number of carbonyl (C=O) groups is 1. The fraction of sp³-hybridized carbons (Fsp3) is 0.476. The third-order valence-corrected chi connectivity index (χ3v) is 4.68. The maximum absolute atomic E-state index is 12.5. The molecule has 0 aliphatic rings. The number of nitrogens with one attached hydrogen (secondary N) is 1. The molecule has 27 heavy (non-hydrogen) atoms. The van der Waals surface area contributed by atoms with E-state index < -0.39 is 0 Å². The molecule has 0 spiro atoms. The van der Waals surface area contributed by atoms with E-state index >= 15 is 0 Å². The van der Waals surface area contributed by atoms with E-state index in [2.05, 4.69) is 66.1 Å². The first-order valence-corrected chi connectivity index (χ1v) is 9.70. The van der Waals surface area contributed by atoms with Crippen LogP contribution < -0.4 is 10.2 Å². The van der Waals surface area contributed by atoms with Crippen molar-refractivity contribution >= 4 is 23.1 Å². The Balaban J connectivity index is 2.15. The molecule has 0 saturated heterocycles.